The second-order valence-electron chi connectivity index (χ2n) is 10.7. The maximum absolute atomic E-state index is 15.8. The van der Waals surface area contributed by atoms with E-state index < -0.39 is 29.2 Å². The molecule has 1 aromatic carbocycles. The van der Waals surface area contributed by atoms with Crippen LogP contribution in [0.1, 0.15) is 44.9 Å². The number of anilines is 2. The highest BCUT2D eigenvalue weighted by atomic mass is 19.1. The van der Waals surface area contributed by atoms with E-state index in [2.05, 4.69) is 16.9 Å². The number of ether oxygens (including phenoxy) is 1. The molecule has 4 atom stereocenters. The normalized spacial score (nSPS) is 27.2. The zero-order chi connectivity index (χ0) is 26.5. The van der Waals surface area contributed by atoms with Gasteiger partial charge < -0.3 is 19.6 Å². The Bertz CT molecular complexity index is 1220. The van der Waals surface area contributed by atoms with Gasteiger partial charge in [0.15, 0.2) is 5.60 Å². The number of amides is 2. The molecule has 198 valence electrons. The first-order valence-electron chi connectivity index (χ1n) is 12.9. The quantitative estimate of drug-likeness (QED) is 0.411. The Morgan fingerprint density at radius 1 is 1.35 bits per heavy atom. The lowest BCUT2D eigenvalue weighted by atomic mass is 9.71. The molecule has 4 heterocycles. The number of alkyl halides is 1. The van der Waals surface area contributed by atoms with Crippen LogP contribution in [-0.2, 0) is 32.9 Å². The molecule has 10 heteroatoms. The fourth-order valence-corrected chi connectivity index (χ4v) is 6.31. The predicted octanol–water partition coefficient (Wildman–Crippen LogP) is 2.77. The van der Waals surface area contributed by atoms with Crippen LogP contribution in [0.2, 0.25) is 0 Å². The molecule has 1 aromatic heterocycles. The van der Waals surface area contributed by atoms with Gasteiger partial charge in [0.1, 0.15) is 5.67 Å². The Hall–Kier alpha value is -3.11. The van der Waals surface area contributed by atoms with Crippen molar-refractivity contribution in [2.24, 2.45) is 11.8 Å². The molecule has 2 fully saturated rings. The average Bonchev–Trinajstić information content (AvgIpc) is 3.47. The van der Waals surface area contributed by atoms with Crippen LogP contribution in [0.25, 0.3) is 0 Å². The summed E-state index contributed by atoms with van der Waals surface area (Å²) < 4.78 is 24.2. The summed E-state index contributed by atoms with van der Waals surface area (Å²) in [5.74, 6) is -1.23. The summed E-state index contributed by atoms with van der Waals surface area (Å²) in [6, 6.07) is 5.57. The van der Waals surface area contributed by atoms with Crippen LogP contribution in [0, 0.1) is 11.8 Å². The molecule has 5 rings (SSSR count). The third-order valence-electron chi connectivity index (χ3n) is 8.01. The van der Waals surface area contributed by atoms with E-state index in [4.69, 9.17) is 9.84 Å². The van der Waals surface area contributed by atoms with E-state index >= 15 is 4.39 Å². The molecule has 0 unspecified atom stereocenters. The van der Waals surface area contributed by atoms with E-state index in [9.17, 15) is 9.59 Å². The number of fused-ring (bicyclic) bond motifs is 2. The van der Waals surface area contributed by atoms with Crippen molar-refractivity contribution in [1.29, 1.82) is 0 Å². The van der Waals surface area contributed by atoms with E-state index in [1.807, 2.05) is 25.1 Å². The largest absolute Gasteiger partial charge is 0.396 e. The molecule has 3 aliphatic heterocycles. The van der Waals surface area contributed by atoms with Crippen LogP contribution < -0.4 is 9.80 Å². The molecule has 0 aliphatic carbocycles. The van der Waals surface area contributed by atoms with Gasteiger partial charge in [-0.2, -0.15) is 0 Å². The number of hydrogen-bond acceptors (Lipinski definition) is 6. The highest BCUT2D eigenvalue weighted by Crippen LogP contribution is 2.58. The summed E-state index contributed by atoms with van der Waals surface area (Å²) in [5, 5.41) is 17.3. The predicted molar refractivity (Wildman–Crippen MR) is 136 cm³/mol. The van der Waals surface area contributed by atoms with Gasteiger partial charge in [0, 0.05) is 68.4 Å². The molecule has 0 bridgehead atoms. The Morgan fingerprint density at radius 3 is 2.76 bits per heavy atom. The van der Waals surface area contributed by atoms with E-state index in [0.29, 0.717) is 55.8 Å². The second kappa shape index (κ2) is 9.33. The molecule has 1 N–H and O–H groups in total. The van der Waals surface area contributed by atoms with Gasteiger partial charge >= 0.3 is 0 Å². The first-order valence-corrected chi connectivity index (χ1v) is 12.9. The SMILES string of the molecule is C=CCN1C(=O)[C@]2(O[C@H](CCn3cc(CCO)nn3)[C@@H](C(C)(C)F)[C@@H]2C)c2cc(N3CCC3=O)ccc21. The molecule has 1 spiro atoms. The van der Waals surface area contributed by atoms with Crippen molar-refractivity contribution in [3.8, 4) is 0 Å². The summed E-state index contributed by atoms with van der Waals surface area (Å²) in [5.41, 5.74) is -0.214. The molecule has 0 saturated carbocycles. The van der Waals surface area contributed by atoms with E-state index in [0.717, 1.165) is 5.69 Å². The molecule has 9 nitrogen and oxygen atoms in total. The van der Waals surface area contributed by atoms with Gasteiger partial charge in [0.25, 0.3) is 5.91 Å². The zero-order valence-electron chi connectivity index (χ0n) is 21.6. The maximum Gasteiger partial charge on any atom is 0.264 e. The fraction of sp³-hybridized carbons (Fsp3) is 0.556. The van der Waals surface area contributed by atoms with Gasteiger partial charge in [-0.05, 0) is 38.5 Å². The summed E-state index contributed by atoms with van der Waals surface area (Å²) in [6.07, 6.45) is 4.20. The zero-order valence-corrected chi connectivity index (χ0v) is 21.6. The minimum absolute atomic E-state index is 0.0175. The lowest BCUT2D eigenvalue weighted by molar-refractivity contribution is -0.146. The van der Waals surface area contributed by atoms with Crippen molar-refractivity contribution in [3.05, 3.63) is 48.3 Å². The summed E-state index contributed by atoms with van der Waals surface area (Å²) in [4.78, 5) is 29.6. The van der Waals surface area contributed by atoms with Crippen molar-refractivity contribution < 1.29 is 23.8 Å². The van der Waals surface area contributed by atoms with Gasteiger partial charge in [-0.25, -0.2) is 4.39 Å². The number of aliphatic hydroxyl groups excluding tert-OH is 1. The molecule has 3 aliphatic rings. The number of nitrogens with zero attached hydrogens (tertiary/aromatic N) is 5. The van der Waals surface area contributed by atoms with Gasteiger partial charge in [0.05, 0.1) is 17.5 Å². The average molecular weight is 512 g/mol. The standard InChI is InChI=1S/C27H34FN5O4/c1-5-11-33-21-7-6-19(32-13-9-23(32)35)15-20(21)27(25(33)36)17(2)24(26(3,4)28)22(37-27)8-12-31-16-18(10-14-34)29-30-31/h5-7,15-17,22,24,34H,1,8-14H2,2-4H3/t17-,22+,24-,27+/m0/s1. The molecule has 2 saturated heterocycles. The van der Waals surface area contributed by atoms with Crippen molar-refractivity contribution in [1.82, 2.24) is 15.0 Å². The highest BCUT2D eigenvalue weighted by molar-refractivity contribution is 6.09. The fourth-order valence-electron chi connectivity index (χ4n) is 6.31. The number of hydrogen-bond donors (Lipinski definition) is 1. The molecule has 2 aromatic rings. The minimum Gasteiger partial charge on any atom is -0.396 e. The third kappa shape index (κ3) is 4.06. The number of carbonyl (C=O) groups excluding carboxylic acids is 2. The van der Waals surface area contributed by atoms with Crippen LogP contribution in [0.5, 0.6) is 0 Å². The topological polar surface area (TPSA) is 101 Å². The van der Waals surface area contributed by atoms with Crippen LogP contribution in [0.3, 0.4) is 0 Å². The van der Waals surface area contributed by atoms with Gasteiger partial charge in [-0.1, -0.05) is 18.2 Å². The summed E-state index contributed by atoms with van der Waals surface area (Å²) >= 11 is 0. The smallest absolute Gasteiger partial charge is 0.264 e. The van der Waals surface area contributed by atoms with Gasteiger partial charge in [0.2, 0.25) is 5.91 Å². The molecule has 2 amide bonds. The monoisotopic (exact) mass is 511 g/mol. The van der Waals surface area contributed by atoms with E-state index in [-0.39, 0.29) is 18.4 Å². The molecule has 0 radical (unpaired) electrons. The number of β-lactam (4-membered cyclic amide) rings is 1. The molecule has 37 heavy (non-hydrogen) atoms. The molecular weight excluding hydrogens is 477 g/mol. The summed E-state index contributed by atoms with van der Waals surface area (Å²) in [7, 11) is 0. The third-order valence-corrected chi connectivity index (χ3v) is 8.01. The number of halogens is 1. The van der Waals surface area contributed by atoms with Crippen molar-refractivity contribution in [2.45, 2.75) is 64.0 Å². The first kappa shape index (κ1) is 25.5. The van der Waals surface area contributed by atoms with E-state index in [1.54, 1.807) is 26.8 Å². The lowest BCUT2D eigenvalue weighted by Crippen LogP contribution is -2.46. The number of carbonyl (C=O) groups is 2. The Kier molecular flexibility index (Phi) is 6.44. The van der Waals surface area contributed by atoms with E-state index in [1.165, 1.54) is 13.8 Å². The number of benzene rings is 1. The minimum atomic E-state index is -1.62. The van der Waals surface area contributed by atoms with Gasteiger partial charge in [-0.3, -0.25) is 14.3 Å². The number of aryl methyl sites for hydroxylation is 1. The Labute approximate surface area is 215 Å². The van der Waals surface area contributed by atoms with Crippen LogP contribution in [0.15, 0.2) is 37.1 Å². The van der Waals surface area contributed by atoms with Crippen LogP contribution in [-0.4, -0.2) is 63.4 Å². The van der Waals surface area contributed by atoms with Gasteiger partial charge in [-0.15, -0.1) is 11.7 Å². The Morgan fingerprint density at radius 2 is 2.14 bits per heavy atom. The summed E-state index contributed by atoms with van der Waals surface area (Å²) in [6.45, 7) is 10.1. The van der Waals surface area contributed by atoms with Crippen LogP contribution >= 0.6 is 0 Å². The first-order chi connectivity index (χ1) is 17.6. The van der Waals surface area contributed by atoms with Crippen molar-refractivity contribution in [3.63, 3.8) is 0 Å². The maximum atomic E-state index is 15.8. The number of aliphatic hydroxyl groups is 1. The Balaban J connectivity index is 1.53. The van der Waals surface area contributed by atoms with Crippen LogP contribution in [0.4, 0.5) is 15.8 Å². The second-order valence-corrected chi connectivity index (χ2v) is 10.7. The number of aromatic nitrogens is 3. The lowest BCUT2D eigenvalue weighted by Gasteiger charge is -2.33. The highest BCUT2D eigenvalue weighted by Gasteiger charge is 2.66. The van der Waals surface area contributed by atoms with Crippen molar-refractivity contribution >= 4 is 23.2 Å². The molecular formula is C27H34FN5O4. The number of rotatable bonds is 9. The van der Waals surface area contributed by atoms with Crippen molar-refractivity contribution in [2.75, 3.05) is 29.5 Å².